The number of amides is 1. The number of carbonyl (C=O) groups is 1. The lowest BCUT2D eigenvalue weighted by Gasteiger charge is -2.10. The van der Waals surface area contributed by atoms with E-state index in [4.69, 9.17) is 16.2 Å². The van der Waals surface area contributed by atoms with Crippen LogP contribution in [0.4, 0.5) is 5.82 Å². The summed E-state index contributed by atoms with van der Waals surface area (Å²) in [5.74, 6) is 0.0971. The molecular weight excluding hydrogens is 256 g/mol. The molecule has 0 aliphatic rings. The Morgan fingerprint density at radius 2 is 1.90 bits per heavy atom. The van der Waals surface area contributed by atoms with E-state index in [1.54, 1.807) is 0 Å². The van der Waals surface area contributed by atoms with Crippen molar-refractivity contribution in [2.75, 3.05) is 5.73 Å². The van der Waals surface area contributed by atoms with E-state index < -0.39 is 5.91 Å². The minimum atomic E-state index is -0.698. The van der Waals surface area contributed by atoms with Gasteiger partial charge in [0.05, 0.1) is 18.0 Å². The maximum absolute atomic E-state index is 11.2. The minimum Gasteiger partial charge on any atom is -0.491 e. The van der Waals surface area contributed by atoms with Gasteiger partial charge >= 0.3 is 0 Å². The molecule has 4 N–H and O–H groups in total. The lowest BCUT2D eigenvalue weighted by Crippen LogP contribution is -2.17. The van der Waals surface area contributed by atoms with Crippen molar-refractivity contribution < 1.29 is 9.53 Å². The second-order valence-corrected chi connectivity index (χ2v) is 4.54. The third-order valence-electron chi connectivity index (χ3n) is 2.56. The zero-order chi connectivity index (χ0) is 14.7. The van der Waals surface area contributed by atoms with Crippen LogP contribution in [0.2, 0.25) is 0 Å². The summed E-state index contributed by atoms with van der Waals surface area (Å²) >= 11 is 0. The maximum atomic E-state index is 11.2. The van der Waals surface area contributed by atoms with E-state index >= 15 is 0 Å². The molecule has 0 unspecified atom stereocenters. The number of nitrogens with zero attached hydrogens (tertiary/aromatic N) is 2. The number of anilines is 1. The van der Waals surface area contributed by atoms with Gasteiger partial charge in [-0.2, -0.15) is 0 Å². The molecule has 0 aliphatic heterocycles. The monoisotopic (exact) mass is 272 g/mol. The summed E-state index contributed by atoms with van der Waals surface area (Å²) in [6.45, 7) is 3.91. The largest absolute Gasteiger partial charge is 0.491 e. The van der Waals surface area contributed by atoms with Crippen molar-refractivity contribution in [2.45, 2.75) is 20.0 Å². The number of primary amides is 1. The third-order valence-corrected chi connectivity index (χ3v) is 2.56. The van der Waals surface area contributed by atoms with Crippen LogP contribution in [0.25, 0.3) is 11.3 Å². The molecule has 1 amide bonds. The van der Waals surface area contributed by atoms with E-state index in [2.05, 4.69) is 9.97 Å². The Bertz CT molecular complexity index is 624. The van der Waals surface area contributed by atoms with Gasteiger partial charge in [0.15, 0.2) is 11.5 Å². The molecule has 6 heteroatoms. The highest BCUT2D eigenvalue weighted by Crippen LogP contribution is 2.22. The Labute approximate surface area is 116 Å². The highest BCUT2D eigenvalue weighted by molar-refractivity contribution is 5.95. The number of rotatable bonds is 4. The molecule has 0 bridgehead atoms. The van der Waals surface area contributed by atoms with Gasteiger partial charge in [0, 0.05) is 5.56 Å². The van der Waals surface area contributed by atoms with Gasteiger partial charge < -0.3 is 16.2 Å². The van der Waals surface area contributed by atoms with Crippen molar-refractivity contribution in [3.05, 3.63) is 36.2 Å². The first-order valence-corrected chi connectivity index (χ1v) is 6.17. The van der Waals surface area contributed by atoms with Crippen molar-refractivity contribution in [3.8, 4) is 17.0 Å². The molecule has 0 saturated heterocycles. The minimum absolute atomic E-state index is 0.0231. The standard InChI is InChI=1S/C14H16N4O2/c1-8(2)20-10-5-3-9(4-6-10)11-7-17-13(15)12(18-11)14(16)19/h3-8H,1-2H3,(H2,15,17)(H2,16,19). The zero-order valence-corrected chi connectivity index (χ0v) is 11.3. The molecule has 0 fully saturated rings. The van der Waals surface area contributed by atoms with E-state index in [0.717, 1.165) is 11.3 Å². The van der Waals surface area contributed by atoms with Crippen LogP contribution in [0.3, 0.4) is 0 Å². The number of hydrogen-bond donors (Lipinski definition) is 2. The van der Waals surface area contributed by atoms with Crippen molar-refractivity contribution in [1.82, 2.24) is 9.97 Å². The number of benzene rings is 1. The summed E-state index contributed by atoms with van der Waals surface area (Å²) in [6.07, 6.45) is 1.61. The molecule has 2 aromatic rings. The Balaban J connectivity index is 2.32. The van der Waals surface area contributed by atoms with Crippen LogP contribution in [0, 0.1) is 0 Å². The topological polar surface area (TPSA) is 104 Å². The number of nitrogens with two attached hydrogens (primary N) is 2. The van der Waals surface area contributed by atoms with Gasteiger partial charge in [-0.25, -0.2) is 9.97 Å². The number of ether oxygens (including phenoxy) is 1. The second kappa shape index (κ2) is 5.56. The first-order valence-electron chi connectivity index (χ1n) is 6.17. The Morgan fingerprint density at radius 3 is 2.45 bits per heavy atom. The van der Waals surface area contributed by atoms with Gasteiger partial charge in [-0.1, -0.05) is 0 Å². The van der Waals surface area contributed by atoms with Crippen molar-refractivity contribution in [1.29, 1.82) is 0 Å². The lowest BCUT2D eigenvalue weighted by atomic mass is 10.1. The Hall–Kier alpha value is -2.63. The number of aromatic nitrogens is 2. The molecule has 1 aromatic carbocycles. The van der Waals surface area contributed by atoms with Gasteiger partial charge in [-0.15, -0.1) is 0 Å². The van der Waals surface area contributed by atoms with Crippen molar-refractivity contribution >= 4 is 11.7 Å². The van der Waals surface area contributed by atoms with Crippen LogP contribution >= 0.6 is 0 Å². The first-order chi connectivity index (χ1) is 9.47. The van der Waals surface area contributed by atoms with Crippen molar-refractivity contribution in [2.24, 2.45) is 5.73 Å². The van der Waals surface area contributed by atoms with Gasteiger partial charge in [0.25, 0.3) is 5.91 Å². The predicted octanol–water partition coefficient (Wildman–Crippen LogP) is 1.61. The van der Waals surface area contributed by atoms with E-state index in [1.165, 1.54) is 6.20 Å². The van der Waals surface area contributed by atoms with E-state index in [9.17, 15) is 4.79 Å². The Morgan fingerprint density at radius 1 is 1.25 bits per heavy atom. The highest BCUT2D eigenvalue weighted by atomic mass is 16.5. The van der Waals surface area contributed by atoms with E-state index in [-0.39, 0.29) is 17.6 Å². The summed E-state index contributed by atoms with van der Waals surface area (Å²) in [4.78, 5) is 19.3. The van der Waals surface area contributed by atoms with Crippen molar-refractivity contribution in [3.63, 3.8) is 0 Å². The smallest absolute Gasteiger partial charge is 0.271 e. The van der Waals surface area contributed by atoms with Crippen LogP contribution < -0.4 is 16.2 Å². The number of hydrogen-bond acceptors (Lipinski definition) is 5. The molecule has 0 aliphatic carbocycles. The van der Waals surface area contributed by atoms with Crippen LogP contribution in [0.1, 0.15) is 24.3 Å². The summed E-state index contributed by atoms with van der Waals surface area (Å²) in [5, 5.41) is 0. The first kappa shape index (κ1) is 13.8. The van der Waals surface area contributed by atoms with Gasteiger partial charge in [0.2, 0.25) is 0 Å². The molecule has 1 heterocycles. The normalized spacial score (nSPS) is 10.6. The number of carbonyl (C=O) groups excluding carboxylic acids is 1. The molecule has 0 spiro atoms. The predicted molar refractivity (Wildman–Crippen MR) is 76.2 cm³/mol. The average molecular weight is 272 g/mol. The fourth-order valence-electron chi connectivity index (χ4n) is 1.70. The SMILES string of the molecule is CC(C)Oc1ccc(-c2cnc(N)c(C(N)=O)n2)cc1. The van der Waals surface area contributed by atoms with Crippen LogP contribution in [0.5, 0.6) is 5.75 Å². The molecule has 1 aromatic heterocycles. The Kier molecular flexibility index (Phi) is 3.84. The third kappa shape index (κ3) is 3.03. The van der Waals surface area contributed by atoms with Crippen LogP contribution in [0.15, 0.2) is 30.5 Å². The summed E-state index contributed by atoms with van der Waals surface area (Å²) in [5.41, 5.74) is 12.1. The molecule has 0 saturated carbocycles. The fourth-order valence-corrected chi connectivity index (χ4v) is 1.70. The molecule has 0 atom stereocenters. The maximum Gasteiger partial charge on any atom is 0.271 e. The molecule has 6 nitrogen and oxygen atoms in total. The van der Waals surface area contributed by atoms with Crippen LogP contribution in [-0.2, 0) is 0 Å². The van der Waals surface area contributed by atoms with E-state index in [0.29, 0.717) is 5.69 Å². The summed E-state index contributed by atoms with van der Waals surface area (Å²) in [6, 6.07) is 7.33. The van der Waals surface area contributed by atoms with Crippen LogP contribution in [-0.4, -0.2) is 22.0 Å². The summed E-state index contributed by atoms with van der Waals surface area (Å²) < 4.78 is 5.56. The highest BCUT2D eigenvalue weighted by Gasteiger charge is 2.11. The average Bonchev–Trinajstić information content (AvgIpc) is 2.39. The molecule has 104 valence electrons. The fraction of sp³-hybridized carbons (Fsp3) is 0.214. The van der Waals surface area contributed by atoms with Gasteiger partial charge in [0.1, 0.15) is 5.75 Å². The van der Waals surface area contributed by atoms with Gasteiger partial charge in [-0.05, 0) is 38.1 Å². The molecule has 0 radical (unpaired) electrons. The number of nitrogen functional groups attached to an aromatic ring is 1. The second-order valence-electron chi connectivity index (χ2n) is 4.54. The van der Waals surface area contributed by atoms with Gasteiger partial charge in [-0.3, -0.25) is 4.79 Å². The lowest BCUT2D eigenvalue weighted by molar-refractivity contribution is 0.0996. The summed E-state index contributed by atoms with van der Waals surface area (Å²) in [7, 11) is 0. The molecular formula is C14H16N4O2. The zero-order valence-electron chi connectivity index (χ0n) is 11.3. The molecule has 20 heavy (non-hydrogen) atoms. The molecule has 2 rings (SSSR count). The quantitative estimate of drug-likeness (QED) is 0.879. The van der Waals surface area contributed by atoms with E-state index in [1.807, 2.05) is 38.1 Å².